The van der Waals surface area contributed by atoms with Gasteiger partial charge in [0.2, 0.25) is 0 Å². The number of carbonyl (C=O) groups excluding carboxylic acids is 2. The molecule has 1 heterocycles. The fourth-order valence-corrected chi connectivity index (χ4v) is 3.13. The number of rotatable bonds is 5. The lowest BCUT2D eigenvalue weighted by Gasteiger charge is -2.08. The highest BCUT2D eigenvalue weighted by atomic mass is 16.4. The number of anilines is 1. The van der Waals surface area contributed by atoms with Crippen LogP contribution in [0.15, 0.2) is 48.5 Å². The van der Waals surface area contributed by atoms with Crippen molar-refractivity contribution in [1.29, 1.82) is 0 Å². The summed E-state index contributed by atoms with van der Waals surface area (Å²) < 4.78 is 1.48. The van der Waals surface area contributed by atoms with Gasteiger partial charge in [0.15, 0.2) is 5.78 Å². The Labute approximate surface area is 149 Å². The van der Waals surface area contributed by atoms with Crippen LogP contribution >= 0.6 is 0 Å². The Morgan fingerprint density at radius 1 is 1.04 bits per heavy atom. The van der Waals surface area contributed by atoms with Crippen molar-refractivity contribution in [2.24, 2.45) is 0 Å². The number of para-hydroxylation sites is 1. The first-order valence-electron chi connectivity index (χ1n) is 8.15. The van der Waals surface area contributed by atoms with Gasteiger partial charge in [-0.3, -0.25) is 19.0 Å². The Balaban J connectivity index is 2.15. The van der Waals surface area contributed by atoms with Crippen molar-refractivity contribution in [2.45, 2.75) is 19.8 Å². The Bertz CT molecular complexity index is 1030. The minimum Gasteiger partial charge on any atom is -0.481 e. The molecule has 0 aliphatic heterocycles. The Morgan fingerprint density at radius 2 is 1.77 bits per heavy atom. The van der Waals surface area contributed by atoms with E-state index >= 15 is 0 Å². The van der Waals surface area contributed by atoms with E-state index < -0.39 is 5.97 Å². The van der Waals surface area contributed by atoms with E-state index in [2.05, 4.69) is 0 Å². The van der Waals surface area contributed by atoms with Crippen LogP contribution in [0.2, 0.25) is 0 Å². The SMILES string of the molecule is Cc1c(C(=O)CCC(=O)O)c2ccccc2n1C(=O)c1cccc(N)c1. The van der Waals surface area contributed by atoms with Gasteiger partial charge in [0, 0.05) is 34.3 Å². The molecule has 6 nitrogen and oxygen atoms in total. The molecule has 132 valence electrons. The molecule has 0 radical (unpaired) electrons. The molecule has 3 aromatic rings. The maximum atomic E-state index is 13.0. The van der Waals surface area contributed by atoms with E-state index in [-0.39, 0.29) is 24.5 Å². The lowest BCUT2D eigenvalue weighted by atomic mass is 10.0. The highest BCUT2D eigenvalue weighted by Crippen LogP contribution is 2.28. The van der Waals surface area contributed by atoms with Crippen molar-refractivity contribution in [3.8, 4) is 0 Å². The molecular weight excluding hydrogens is 332 g/mol. The van der Waals surface area contributed by atoms with Crippen LogP contribution in [-0.2, 0) is 4.79 Å². The van der Waals surface area contributed by atoms with Crippen LogP contribution in [0.4, 0.5) is 5.69 Å². The number of hydrogen-bond donors (Lipinski definition) is 2. The quantitative estimate of drug-likeness (QED) is 0.543. The number of carbonyl (C=O) groups is 3. The summed E-state index contributed by atoms with van der Waals surface area (Å²) in [6, 6.07) is 13.7. The van der Waals surface area contributed by atoms with Crippen molar-refractivity contribution in [1.82, 2.24) is 4.57 Å². The molecule has 0 saturated heterocycles. The minimum atomic E-state index is -1.03. The number of fused-ring (bicyclic) bond motifs is 1. The van der Waals surface area contributed by atoms with Gasteiger partial charge in [-0.1, -0.05) is 24.3 Å². The molecule has 3 N–H and O–H groups in total. The number of aromatic nitrogens is 1. The van der Waals surface area contributed by atoms with E-state index in [4.69, 9.17) is 10.8 Å². The monoisotopic (exact) mass is 350 g/mol. The smallest absolute Gasteiger partial charge is 0.303 e. The number of carboxylic acid groups (broad SMARTS) is 1. The molecule has 0 bridgehead atoms. The summed E-state index contributed by atoms with van der Waals surface area (Å²) in [6.07, 6.45) is -0.363. The summed E-state index contributed by atoms with van der Waals surface area (Å²) in [5, 5.41) is 9.47. The zero-order chi connectivity index (χ0) is 18.8. The number of nitrogen functional groups attached to an aromatic ring is 1. The minimum absolute atomic E-state index is 0.114. The zero-order valence-electron chi connectivity index (χ0n) is 14.2. The second-order valence-electron chi connectivity index (χ2n) is 6.06. The van der Waals surface area contributed by atoms with E-state index in [0.717, 1.165) is 0 Å². The maximum Gasteiger partial charge on any atom is 0.303 e. The average molecular weight is 350 g/mol. The molecule has 0 amide bonds. The number of ketones is 1. The fraction of sp³-hybridized carbons (Fsp3) is 0.150. The van der Waals surface area contributed by atoms with Gasteiger partial charge in [-0.05, 0) is 31.2 Å². The number of Topliss-reactive ketones (excluding diaryl/α,β-unsaturated/α-hetero) is 1. The van der Waals surface area contributed by atoms with Crippen molar-refractivity contribution < 1.29 is 19.5 Å². The first-order chi connectivity index (χ1) is 12.4. The van der Waals surface area contributed by atoms with Crippen LogP contribution in [0.1, 0.15) is 39.3 Å². The summed E-state index contributed by atoms with van der Waals surface area (Å²) in [6.45, 7) is 1.69. The Hall–Kier alpha value is -3.41. The van der Waals surface area contributed by atoms with Gasteiger partial charge in [0.25, 0.3) is 5.91 Å². The van der Waals surface area contributed by atoms with E-state index in [1.165, 1.54) is 4.57 Å². The number of nitrogens with zero attached hydrogens (tertiary/aromatic N) is 1. The molecule has 6 heteroatoms. The van der Waals surface area contributed by atoms with Gasteiger partial charge in [-0.25, -0.2) is 0 Å². The van der Waals surface area contributed by atoms with Crippen LogP contribution in [0.25, 0.3) is 10.9 Å². The summed E-state index contributed by atoms with van der Waals surface area (Å²) in [5.41, 5.74) is 8.16. The molecule has 0 spiro atoms. The molecule has 0 aliphatic carbocycles. The van der Waals surface area contributed by atoms with Crippen LogP contribution in [0, 0.1) is 6.92 Å². The highest BCUT2D eigenvalue weighted by molar-refractivity contribution is 6.14. The summed E-state index contributed by atoms with van der Waals surface area (Å²) in [5.74, 6) is -1.61. The second kappa shape index (κ2) is 6.84. The van der Waals surface area contributed by atoms with E-state index in [9.17, 15) is 14.4 Å². The van der Waals surface area contributed by atoms with Crippen molar-refractivity contribution in [2.75, 3.05) is 5.73 Å². The predicted octanol–water partition coefficient (Wildman–Crippen LogP) is 3.27. The van der Waals surface area contributed by atoms with Gasteiger partial charge >= 0.3 is 5.97 Å². The second-order valence-corrected chi connectivity index (χ2v) is 6.06. The van der Waals surface area contributed by atoms with Crippen LogP contribution in [-0.4, -0.2) is 27.3 Å². The third-order valence-electron chi connectivity index (χ3n) is 4.29. The molecule has 0 aliphatic rings. The molecule has 1 aromatic heterocycles. The van der Waals surface area contributed by atoms with Gasteiger partial charge in [0.05, 0.1) is 11.9 Å². The molecule has 0 saturated carbocycles. The van der Waals surface area contributed by atoms with Gasteiger partial charge < -0.3 is 10.8 Å². The van der Waals surface area contributed by atoms with Crippen molar-refractivity contribution in [3.63, 3.8) is 0 Å². The molecule has 26 heavy (non-hydrogen) atoms. The summed E-state index contributed by atoms with van der Waals surface area (Å²) in [4.78, 5) is 36.4. The summed E-state index contributed by atoms with van der Waals surface area (Å²) in [7, 11) is 0. The molecule has 3 rings (SSSR count). The highest BCUT2D eigenvalue weighted by Gasteiger charge is 2.23. The Kier molecular flexibility index (Phi) is 4.58. The van der Waals surface area contributed by atoms with Crippen molar-refractivity contribution >= 4 is 34.3 Å². The molecule has 2 aromatic carbocycles. The number of benzene rings is 2. The largest absolute Gasteiger partial charge is 0.481 e. The van der Waals surface area contributed by atoms with Crippen molar-refractivity contribution in [3.05, 3.63) is 65.4 Å². The summed E-state index contributed by atoms with van der Waals surface area (Å²) >= 11 is 0. The Morgan fingerprint density at radius 3 is 2.46 bits per heavy atom. The first-order valence-corrected chi connectivity index (χ1v) is 8.15. The fourth-order valence-electron chi connectivity index (χ4n) is 3.13. The predicted molar refractivity (Wildman–Crippen MR) is 98.5 cm³/mol. The van der Waals surface area contributed by atoms with E-state index in [1.54, 1.807) is 55.5 Å². The average Bonchev–Trinajstić information content (AvgIpc) is 2.91. The van der Waals surface area contributed by atoms with Crippen LogP contribution in [0.3, 0.4) is 0 Å². The first kappa shape index (κ1) is 17.4. The molecule has 0 fully saturated rings. The third kappa shape index (κ3) is 3.09. The number of hydrogen-bond acceptors (Lipinski definition) is 4. The molecule has 0 unspecified atom stereocenters. The number of carboxylic acids is 1. The van der Waals surface area contributed by atoms with Crippen LogP contribution < -0.4 is 5.73 Å². The van der Waals surface area contributed by atoms with E-state index in [0.29, 0.717) is 33.4 Å². The third-order valence-corrected chi connectivity index (χ3v) is 4.29. The lowest BCUT2D eigenvalue weighted by Crippen LogP contribution is -2.14. The van der Waals surface area contributed by atoms with Crippen LogP contribution in [0.5, 0.6) is 0 Å². The normalized spacial score (nSPS) is 10.8. The molecule has 0 atom stereocenters. The zero-order valence-corrected chi connectivity index (χ0v) is 14.2. The molecular formula is C20H18N2O4. The van der Waals surface area contributed by atoms with Gasteiger partial charge in [-0.15, -0.1) is 0 Å². The van der Waals surface area contributed by atoms with Gasteiger partial charge in [0.1, 0.15) is 0 Å². The number of aliphatic carboxylic acids is 1. The topological polar surface area (TPSA) is 102 Å². The lowest BCUT2D eigenvalue weighted by molar-refractivity contribution is -0.136. The van der Waals surface area contributed by atoms with Gasteiger partial charge in [-0.2, -0.15) is 0 Å². The maximum absolute atomic E-state index is 13.0. The number of nitrogens with two attached hydrogens (primary N) is 1. The van der Waals surface area contributed by atoms with E-state index in [1.807, 2.05) is 0 Å². The standard InChI is InChI=1S/C20H18N2O4/c1-12-19(17(23)9-10-18(24)25)15-7-2-3-8-16(15)22(12)20(26)13-5-4-6-14(21)11-13/h2-8,11H,9-10,21H2,1H3,(H,24,25).